The second-order valence-electron chi connectivity index (χ2n) is 4.04. The molecule has 0 aliphatic heterocycles. The van der Waals surface area contributed by atoms with E-state index >= 15 is 0 Å². The Kier molecular flexibility index (Phi) is 3.82. The second-order valence-corrected chi connectivity index (χ2v) is 4.47. The van der Waals surface area contributed by atoms with E-state index in [0.29, 0.717) is 5.02 Å². The number of rotatable bonds is 3. The van der Waals surface area contributed by atoms with E-state index in [1.54, 1.807) is 11.9 Å². The van der Waals surface area contributed by atoms with E-state index in [0.717, 1.165) is 12.1 Å². The molecule has 94 valence electrons. The zero-order valence-corrected chi connectivity index (χ0v) is 11.1. The fraction of sp³-hybridized carbons (Fsp3) is 0.214. The lowest BCUT2D eigenvalue weighted by Gasteiger charge is -2.19. The maximum atomic E-state index is 13.7. The van der Waals surface area contributed by atoms with Crippen molar-refractivity contribution in [1.82, 2.24) is 4.98 Å². The third-order valence-corrected chi connectivity index (χ3v) is 3.04. The van der Waals surface area contributed by atoms with Gasteiger partial charge in [-0.15, -0.1) is 0 Å². The van der Waals surface area contributed by atoms with Gasteiger partial charge < -0.3 is 4.90 Å². The van der Waals surface area contributed by atoms with Crippen LogP contribution in [-0.4, -0.2) is 12.0 Å². The molecule has 0 unspecified atom stereocenters. The molecular weight excluding hydrogens is 251 g/mol. The average Bonchev–Trinajstić information content (AvgIpc) is 2.38. The van der Waals surface area contributed by atoms with E-state index in [4.69, 9.17) is 11.6 Å². The van der Waals surface area contributed by atoms with Crippen molar-refractivity contribution in [2.24, 2.45) is 0 Å². The second kappa shape index (κ2) is 5.36. The van der Waals surface area contributed by atoms with E-state index in [-0.39, 0.29) is 5.82 Å². The van der Waals surface area contributed by atoms with Crippen molar-refractivity contribution in [3.63, 3.8) is 0 Å². The minimum absolute atomic E-state index is 0.267. The van der Waals surface area contributed by atoms with E-state index in [1.165, 1.54) is 17.8 Å². The molecule has 0 radical (unpaired) electrons. The van der Waals surface area contributed by atoms with Crippen molar-refractivity contribution >= 4 is 23.1 Å². The quantitative estimate of drug-likeness (QED) is 0.826. The predicted octanol–water partition coefficient (Wildman–Crippen LogP) is 4.20. The first-order valence-electron chi connectivity index (χ1n) is 5.75. The largest absolute Gasteiger partial charge is 0.327 e. The van der Waals surface area contributed by atoms with Crippen LogP contribution in [0.4, 0.5) is 15.9 Å². The molecule has 4 heteroatoms. The number of nitrogens with zero attached hydrogens (tertiary/aromatic N) is 2. The molecular formula is C14H14ClFN2. The Labute approximate surface area is 111 Å². The Morgan fingerprint density at radius 2 is 1.94 bits per heavy atom. The smallest absolute Gasteiger partial charge is 0.169 e. The lowest BCUT2D eigenvalue weighted by Crippen LogP contribution is -2.13. The summed E-state index contributed by atoms with van der Waals surface area (Å²) in [7, 11) is 1.78. The van der Waals surface area contributed by atoms with Gasteiger partial charge in [-0.05, 0) is 30.2 Å². The van der Waals surface area contributed by atoms with Crippen molar-refractivity contribution in [1.29, 1.82) is 0 Å². The molecule has 0 amide bonds. The molecule has 18 heavy (non-hydrogen) atoms. The zero-order valence-electron chi connectivity index (χ0n) is 10.3. The number of benzene rings is 1. The summed E-state index contributed by atoms with van der Waals surface area (Å²) in [5.74, 6) is -0.159. The van der Waals surface area contributed by atoms with Gasteiger partial charge in [0.15, 0.2) is 11.6 Å². The van der Waals surface area contributed by atoms with E-state index in [9.17, 15) is 4.39 Å². The highest BCUT2D eigenvalue weighted by Crippen LogP contribution is 2.25. The maximum absolute atomic E-state index is 13.7. The standard InChI is InChI=1S/C14H14ClFN2/c1-3-10-4-6-12(7-5-10)18(2)14-13(16)8-11(15)9-17-14/h4-9H,3H2,1-2H3. The fourth-order valence-corrected chi connectivity index (χ4v) is 1.88. The SMILES string of the molecule is CCc1ccc(N(C)c2ncc(Cl)cc2F)cc1. The molecule has 0 atom stereocenters. The number of aryl methyl sites for hydroxylation is 1. The minimum Gasteiger partial charge on any atom is -0.327 e. The van der Waals surface area contributed by atoms with Gasteiger partial charge in [-0.1, -0.05) is 30.7 Å². The van der Waals surface area contributed by atoms with Crippen LogP contribution in [0, 0.1) is 5.82 Å². The Bertz CT molecular complexity index is 540. The van der Waals surface area contributed by atoms with Crippen LogP contribution in [0.15, 0.2) is 36.5 Å². The molecule has 0 bridgehead atoms. The number of hydrogen-bond donors (Lipinski definition) is 0. The van der Waals surface area contributed by atoms with Gasteiger partial charge in [0.25, 0.3) is 0 Å². The van der Waals surface area contributed by atoms with Crippen molar-refractivity contribution in [2.45, 2.75) is 13.3 Å². The van der Waals surface area contributed by atoms with Gasteiger partial charge in [-0.3, -0.25) is 0 Å². The Morgan fingerprint density at radius 3 is 2.50 bits per heavy atom. The number of aromatic nitrogens is 1. The van der Waals surface area contributed by atoms with Crippen molar-refractivity contribution in [2.75, 3.05) is 11.9 Å². The average molecular weight is 265 g/mol. The monoisotopic (exact) mass is 264 g/mol. The molecule has 0 saturated carbocycles. The van der Waals surface area contributed by atoms with E-state index in [1.807, 2.05) is 24.3 Å². The Balaban J connectivity index is 2.31. The lowest BCUT2D eigenvalue weighted by molar-refractivity contribution is 0.621. The summed E-state index contributed by atoms with van der Waals surface area (Å²) in [5, 5.41) is 0.297. The summed E-state index contributed by atoms with van der Waals surface area (Å²) < 4.78 is 13.7. The fourth-order valence-electron chi connectivity index (χ4n) is 1.73. The molecule has 0 N–H and O–H groups in total. The highest BCUT2D eigenvalue weighted by molar-refractivity contribution is 6.30. The summed E-state index contributed by atoms with van der Waals surface area (Å²) in [4.78, 5) is 5.72. The van der Waals surface area contributed by atoms with Crippen molar-refractivity contribution in [3.8, 4) is 0 Å². The Hall–Kier alpha value is -1.61. The molecule has 0 saturated heterocycles. The highest BCUT2D eigenvalue weighted by Gasteiger charge is 2.11. The molecule has 0 aliphatic rings. The number of anilines is 2. The molecule has 2 aromatic rings. The van der Waals surface area contributed by atoms with Crippen LogP contribution < -0.4 is 4.90 Å². The summed E-state index contributed by atoms with van der Waals surface area (Å²) in [6, 6.07) is 9.23. The summed E-state index contributed by atoms with van der Waals surface area (Å²) in [6.45, 7) is 2.10. The summed E-state index contributed by atoms with van der Waals surface area (Å²) in [6.07, 6.45) is 2.43. The van der Waals surface area contributed by atoms with Crippen molar-refractivity contribution in [3.05, 3.63) is 52.9 Å². The molecule has 0 spiro atoms. The third-order valence-electron chi connectivity index (χ3n) is 2.84. The van der Waals surface area contributed by atoms with Crippen LogP contribution in [0.25, 0.3) is 0 Å². The van der Waals surface area contributed by atoms with Crippen LogP contribution in [0.5, 0.6) is 0 Å². The van der Waals surface area contributed by atoms with Crippen LogP contribution in [0.2, 0.25) is 5.02 Å². The predicted molar refractivity (Wildman–Crippen MR) is 73.1 cm³/mol. The molecule has 1 aromatic carbocycles. The number of halogens is 2. The topological polar surface area (TPSA) is 16.1 Å². The van der Waals surface area contributed by atoms with E-state index in [2.05, 4.69) is 11.9 Å². The number of hydrogen-bond acceptors (Lipinski definition) is 2. The van der Waals surface area contributed by atoms with Gasteiger partial charge in [0.2, 0.25) is 0 Å². The molecule has 2 nitrogen and oxygen atoms in total. The van der Waals surface area contributed by atoms with Crippen LogP contribution in [0.1, 0.15) is 12.5 Å². The van der Waals surface area contributed by atoms with E-state index < -0.39 is 5.82 Å². The first kappa shape index (κ1) is 12.8. The van der Waals surface area contributed by atoms with Crippen LogP contribution in [0.3, 0.4) is 0 Å². The highest BCUT2D eigenvalue weighted by atomic mass is 35.5. The Morgan fingerprint density at radius 1 is 1.28 bits per heavy atom. The minimum atomic E-state index is -0.426. The third kappa shape index (κ3) is 2.62. The summed E-state index contributed by atoms with van der Waals surface area (Å²) >= 11 is 5.69. The normalized spacial score (nSPS) is 10.4. The van der Waals surface area contributed by atoms with Gasteiger partial charge in [-0.2, -0.15) is 0 Å². The molecule has 0 aliphatic carbocycles. The van der Waals surface area contributed by atoms with Crippen LogP contribution >= 0.6 is 11.6 Å². The first-order chi connectivity index (χ1) is 8.61. The molecule has 2 rings (SSSR count). The first-order valence-corrected chi connectivity index (χ1v) is 6.13. The van der Waals surface area contributed by atoms with Crippen LogP contribution in [-0.2, 0) is 6.42 Å². The maximum Gasteiger partial charge on any atom is 0.169 e. The van der Waals surface area contributed by atoms with Gasteiger partial charge in [0.05, 0.1) is 5.02 Å². The van der Waals surface area contributed by atoms with Gasteiger partial charge in [0.1, 0.15) is 0 Å². The van der Waals surface area contributed by atoms with Gasteiger partial charge in [-0.25, -0.2) is 9.37 Å². The molecule has 1 heterocycles. The van der Waals surface area contributed by atoms with Gasteiger partial charge in [0, 0.05) is 18.9 Å². The van der Waals surface area contributed by atoms with Crippen molar-refractivity contribution < 1.29 is 4.39 Å². The lowest BCUT2D eigenvalue weighted by atomic mass is 10.1. The molecule has 0 fully saturated rings. The zero-order chi connectivity index (χ0) is 13.1. The van der Waals surface area contributed by atoms with Gasteiger partial charge >= 0.3 is 0 Å². The number of pyridine rings is 1. The molecule has 1 aromatic heterocycles. The summed E-state index contributed by atoms with van der Waals surface area (Å²) in [5.41, 5.74) is 2.14.